The predicted octanol–water partition coefficient (Wildman–Crippen LogP) is 8.82. The fourth-order valence-electron chi connectivity index (χ4n) is 5.89. The van der Waals surface area contributed by atoms with Gasteiger partial charge in [0.05, 0.1) is 0 Å². The second kappa shape index (κ2) is 13.8. The minimum Gasteiger partial charge on any atom is -0.443 e. The molecular weight excluding hydrogens is 636 g/mol. The van der Waals surface area contributed by atoms with Crippen molar-refractivity contribution in [3.8, 4) is 0 Å². The third kappa shape index (κ3) is 5.90. The summed E-state index contributed by atoms with van der Waals surface area (Å²) in [5, 5.41) is 0. The molecule has 0 heterocycles. The lowest BCUT2D eigenvalue weighted by atomic mass is 9.80. The summed E-state index contributed by atoms with van der Waals surface area (Å²) in [6.07, 6.45) is 0. The molecule has 5 heteroatoms. The molecule has 0 spiro atoms. The number of carbonyl (C=O) groups excluding carboxylic acids is 2. The standard InChI is InChI=1S/C41H31BrO4/c42-37(38(43)45-40(31-19-7-1-8-20-31,32-21-9-2-10-22-32)33-23-11-3-12-24-33)39(44)46-41(34-25-13-4-14-26-34,35-27-15-5-16-28-35)36-29-17-6-18-30-36/h1-30,37H. The van der Waals surface area contributed by atoms with Gasteiger partial charge in [-0.05, 0) is 0 Å². The summed E-state index contributed by atoms with van der Waals surface area (Å²) in [5.41, 5.74) is 1.73. The molecule has 0 aliphatic rings. The first-order valence-corrected chi connectivity index (χ1v) is 15.9. The molecule has 0 aliphatic carbocycles. The van der Waals surface area contributed by atoms with E-state index < -0.39 is 28.0 Å². The van der Waals surface area contributed by atoms with Crippen LogP contribution in [0, 0.1) is 0 Å². The molecule has 0 aromatic heterocycles. The second-order valence-corrected chi connectivity index (χ2v) is 11.7. The molecule has 0 N–H and O–H groups in total. The lowest BCUT2D eigenvalue weighted by Crippen LogP contribution is -2.43. The van der Waals surface area contributed by atoms with Gasteiger partial charge in [-0.25, -0.2) is 0 Å². The first kappa shape index (κ1) is 30.8. The topological polar surface area (TPSA) is 52.6 Å². The van der Waals surface area contributed by atoms with Crippen LogP contribution in [0.5, 0.6) is 0 Å². The minimum absolute atomic E-state index is 0.737. The van der Waals surface area contributed by atoms with Gasteiger partial charge in [0.25, 0.3) is 0 Å². The molecule has 0 atom stereocenters. The Bertz CT molecular complexity index is 1530. The van der Waals surface area contributed by atoms with Gasteiger partial charge in [0.2, 0.25) is 4.83 Å². The maximum absolute atomic E-state index is 14.2. The molecule has 6 rings (SSSR count). The summed E-state index contributed by atoms with van der Waals surface area (Å²) in [6.45, 7) is 0. The van der Waals surface area contributed by atoms with Gasteiger partial charge in [0, 0.05) is 33.4 Å². The van der Waals surface area contributed by atoms with E-state index in [2.05, 4.69) is 15.9 Å². The molecule has 0 amide bonds. The van der Waals surface area contributed by atoms with Crippen LogP contribution in [0.4, 0.5) is 0 Å². The third-order valence-electron chi connectivity index (χ3n) is 8.00. The monoisotopic (exact) mass is 666 g/mol. The highest BCUT2D eigenvalue weighted by atomic mass is 79.9. The Hall–Kier alpha value is -5.26. The van der Waals surface area contributed by atoms with Crippen LogP contribution < -0.4 is 0 Å². The predicted molar refractivity (Wildman–Crippen MR) is 183 cm³/mol. The summed E-state index contributed by atoms with van der Waals surface area (Å²) in [7, 11) is 0. The normalized spacial score (nSPS) is 11.5. The molecule has 0 radical (unpaired) electrons. The molecule has 0 bridgehead atoms. The largest absolute Gasteiger partial charge is 0.443 e. The maximum atomic E-state index is 14.2. The van der Waals surface area contributed by atoms with Crippen molar-refractivity contribution in [1.82, 2.24) is 0 Å². The minimum atomic E-state index is -1.45. The maximum Gasteiger partial charge on any atom is 0.332 e. The number of hydrogen-bond acceptors (Lipinski definition) is 4. The number of hydrogen-bond donors (Lipinski definition) is 0. The summed E-state index contributed by atoms with van der Waals surface area (Å²) < 4.78 is 13.0. The van der Waals surface area contributed by atoms with Crippen LogP contribution in [0.25, 0.3) is 0 Å². The van der Waals surface area contributed by atoms with Crippen LogP contribution in [0.2, 0.25) is 0 Å². The van der Waals surface area contributed by atoms with E-state index in [9.17, 15) is 9.59 Å². The van der Waals surface area contributed by atoms with Gasteiger partial charge in [0.1, 0.15) is 0 Å². The van der Waals surface area contributed by atoms with Crippen LogP contribution in [0.1, 0.15) is 33.4 Å². The van der Waals surface area contributed by atoms with Crippen molar-refractivity contribution < 1.29 is 19.1 Å². The third-order valence-corrected chi connectivity index (χ3v) is 8.75. The van der Waals surface area contributed by atoms with Crippen molar-refractivity contribution in [2.24, 2.45) is 0 Å². The fourth-order valence-corrected chi connectivity index (χ4v) is 6.08. The van der Waals surface area contributed by atoms with Crippen molar-refractivity contribution in [1.29, 1.82) is 0 Å². The van der Waals surface area contributed by atoms with Crippen molar-refractivity contribution >= 4 is 27.9 Å². The average Bonchev–Trinajstić information content (AvgIpc) is 3.14. The van der Waals surface area contributed by atoms with E-state index in [0.29, 0.717) is 0 Å². The Morgan fingerprint density at radius 1 is 0.370 bits per heavy atom. The molecule has 6 aromatic rings. The van der Waals surface area contributed by atoms with E-state index in [1.807, 2.05) is 182 Å². The van der Waals surface area contributed by atoms with Gasteiger partial charge in [-0.3, -0.25) is 9.59 Å². The SMILES string of the molecule is O=C(OC(c1ccccc1)(c1ccccc1)c1ccccc1)C(Br)C(=O)OC(c1ccccc1)(c1ccccc1)c1ccccc1. The van der Waals surface area contributed by atoms with E-state index in [0.717, 1.165) is 33.4 Å². The Labute approximate surface area is 277 Å². The summed E-state index contributed by atoms with van der Waals surface area (Å²) in [4.78, 5) is 27.0. The van der Waals surface area contributed by atoms with Crippen molar-refractivity contribution in [3.63, 3.8) is 0 Å². The van der Waals surface area contributed by atoms with Crippen molar-refractivity contribution in [3.05, 3.63) is 215 Å². The Morgan fingerprint density at radius 2 is 0.543 bits per heavy atom. The number of rotatable bonds is 10. The molecular formula is C41H31BrO4. The first-order valence-electron chi connectivity index (χ1n) is 15.0. The first-order chi connectivity index (χ1) is 22.6. The second-order valence-electron chi connectivity index (χ2n) is 10.8. The lowest BCUT2D eigenvalue weighted by molar-refractivity contribution is -0.163. The van der Waals surface area contributed by atoms with Crippen LogP contribution in [-0.4, -0.2) is 16.8 Å². The molecule has 0 saturated heterocycles. The molecule has 46 heavy (non-hydrogen) atoms. The highest BCUT2D eigenvalue weighted by Gasteiger charge is 2.46. The van der Waals surface area contributed by atoms with E-state index >= 15 is 0 Å². The number of esters is 2. The van der Waals surface area contributed by atoms with Gasteiger partial charge in [-0.15, -0.1) is 0 Å². The van der Waals surface area contributed by atoms with E-state index in [1.165, 1.54) is 0 Å². The molecule has 226 valence electrons. The number of ether oxygens (including phenoxy) is 2. The Balaban J connectivity index is 1.43. The van der Waals surface area contributed by atoms with Gasteiger partial charge < -0.3 is 9.47 Å². The lowest BCUT2D eigenvalue weighted by Gasteiger charge is -2.37. The summed E-state index contributed by atoms with van der Waals surface area (Å²) >= 11 is 3.40. The number of halogens is 1. The number of alkyl halides is 1. The smallest absolute Gasteiger partial charge is 0.332 e. The number of carbonyl (C=O) groups is 2. The van der Waals surface area contributed by atoms with Gasteiger partial charge in [-0.2, -0.15) is 0 Å². The van der Waals surface area contributed by atoms with E-state index in [4.69, 9.17) is 9.47 Å². The zero-order valence-electron chi connectivity index (χ0n) is 24.9. The molecule has 0 unspecified atom stereocenters. The molecule has 4 nitrogen and oxygen atoms in total. The molecule has 6 aromatic carbocycles. The summed E-state index contributed by atoms with van der Waals surface area (Å²) in [5.74, 6) is -1.57. The highest BCUT2D eigenvalue weighted by Crippen LogP contribution is 2.43. The average molecular weight is 668 g/mol. The van der Waals surface area contributed by atoms with Crippen molar-refractivity contribution in [2.45, 2.75) is 16.0 Å². The van der Waals surface area contributed by atoms with Crippen molar-refractivity contribution in [2.75, 3.05) is 0 Å². The molecule has 0 fully saturated rings. The Morgan fingerprint density at radius 3 is 0.717 bits per heavy atom. The Kier molecular flexibility index (Phi) is 9.23. The van der Waals surface area contributed by atoms with Crippen LogP contribution in [-0.2, 0) is 30.3 Å². The van der Waals surface area contributed by atoms with Gasteiger partial charge in [0.15, 0.2) is 11.2 Å². The number of benzene rings is 6. The van der Waals surface area contributed by atoms with Crippen LogP contribution in [0.3, 0.4) is 0 Å². The van der Waals surface area contributed by atoms with E-state index in [-0.39, 0.29) is 0 Å². The zero-order chi connectivity index (χ0) is 31.8. The molecule has 0 saturated carbocycles. The summed E-state index contributed by atoms with van der Waals surface area (Å²) in [6, 6.07) is 57.3. The van der Waals surface area contributed by atoms with Crippen LogP contribution in [0.15, 0.2) is 182 Å². The van der Waals surface area contributed by atoms with Crippen LogP contribution >= 0.6 is 15.9 Å². The zero-order valence-corrected chi connectivity index (χ0v) is 26.5. The van der Waals surface area contributed by atoms with E-state index in [1.54, 1.807) is 0 Å². The van der Waals surface area contributed by atoms with Gasteiger partial charge in [-0.1, -0.05) is 198 Å². The van der Waals surface area contributed by atoms with Gasteiger partial charge >= 0.3 is 11.9 Å². The fraction of sp³-hybridized carbons (Fsp3) is 0.0732. The molecule has 0 aliphatic heterocycles. The highest BCUT2D eigenvalue weighted by molar-refractivity contribution is 9.10. The quantitative estimate of drug-likeness (QED) is 0.0635.